The molecule has 0 aliphatic carbocycles. The van der Waals surface area contributed by atoms with Crippen LogP contribution in [-0.4, -0.2) is 20.7 Å². The van der Waals surface area contributed by atoms with E-state index < -0.39 is 17.5 Å². The van der Waals surface area contributed by atoms with Crippen LogP contribution in [0, 0.1) is 39.3 Å². The summed E-state index contributed by atoms with van der Waals surface area (Å²) in [4.78, 5) is 17.3. The topological polar surface area (TPSA) is 59.8 Å². The molecule has 0 saturated heterocycles. The Labute approximate surface area is 172 Å². The van der Waals surface area contributed by atoms with E-state index in [9.17, 15) is 13.6 Å². The summed E-state index contributed by atoms with van der Waals surface area (Å²) in [5.74, 6) is -1.42. The highest BCUT2D eigenvalue weighted by molar-refractivity contribution is 6.04. The van der Waals surface area contributed by atoms with Gasteiger partial charge in [0.05, 0.1) is 16.8 Å². The van der Waals surface area contributed by atoms with Gasteiger partial charge in [0.15, 0.2) is 5.82 Å². The van der Waals surface area contributed by atoms with Gasteiger partial charge in [-0.1, -0.05) is 11.6 Å². The van der Waals surface area contributed by atoms with Crippen molar-refractivity contribution < 1.29 is 13.6 Å². The fourth-order valence-corrected chi connectivity index (χ4v) is 3.55. The lowest BCUT2D eigenvalue weighted by Gasteiger charge is -2.12. The van der Waals surface area contributed by atoms with Crippen LogP contribution >= 0.6 is 0 Å². The number of anilines is 1. The second-order valence-corrected chi connectivity index (χ2v) is 7.44. The number of benzene rings is 2. The summed E-state index contributed by atoms with van der Waals surface area (Å²) in [6, 6.07) is 10.4. The van der Waals surface area contributed by atoms with Gasteiger partial charge in [-0.15, -0.1) is 0 Å². The predicted molar refractivity (Wildman–Crippen MR) is 112 cm³/mol. The van der Waals surface area contributed by atoms with Crippen molar-refractivity contribution in [3.05, 3.63) is 82.0 Å². The van der Waals surface area contributed by atoms with Crippen LogP contribution in [0.1, 0.15) is 32.7 Å². The second kappa shape index (κ2) is 7.33. The van der Waals surface area contributed by atoms with Crippen molar-refractivity contribution in [1.29, 1.82) is 0 Å². The van der Waals surface area contributed by atoms with Crippen molar-refractivity contribution in [2.24, 2.45) is 0 Å². The van der Waals surface area contributed by atoms with Crippen LogP contribution in [0.25, 0.3) is 16.7 Å². The number of rotatable bonds is 3. The van der Waals surface area contributed by atoms with E-state index in [4.69, 9.17) is 4.98 Å². The number of pyridine rings is 1. The maximum atomic E-state index is 14.0. The highest BCUT2D eigenvalue weighted by atomic mass is 19.1. The number of halogens is 2. The Hall–Kier alpha value is -3.61. The predicted octanol–water partition coefficient (Wildman–Crippen LogP) is 5.18. The molecule has 0 aliphatic rings. The van der Waals surface area contributed by atoms with E-state index in [0.717, 1.165) is 45.8 Å². The molecule has 0 radical (unpaired) electrons. The van der Waals surface area contributed by atoms with E-state index in [1.807, 2.05) is 26.8 Å². The van der Waals surface area contributed by atoms with Gasteiger partial charge >= 0.3 is 0 Å². The van der Waals surface area contributed by atoms with Gasteiger partial charge in [-0.25, -0.2) is 13.8 Å². The Morgan fingerprint density at radius 2 is 1.73 bits per heavy atom. The number of aryl methyl sites for hydroxylation is 4. The molecule has 152 valence electrons. The number of hydrogen-bond acceptors (Lipinski definition) is 3. The summed E-state index contributed by atoms with van der Waals surface area (Å²) in [6.45, 7) is 7.80. The zero-order valence-corrected chi connectivity index (χ0v) is 17.0. The molecule has 2 aromatic heterocycles. The van der Waals surface area contributed by atoms with Gasteiger partial charge in [0.1, 0.15) is 17.5 Å². The first-order chi connectivity index (χ1) is 14.2. The van der Waals surface area contributed by atoms with Gasteiger partial charge in [0.2, 0.25) is 0 Å². The molecule has 1 N–H and O–H groups in total. The molecule has 0 bridgehead atoms. The minimum Gasteiger partial charge on any atom is -0.306 e. The lowest BCUT2D eigenvalue weighted by molar-refractivity contribution is 0.102. The molecule has 4 aromatic rings. The fourth-order valence-electron chi connectivity index (χ4n) is 3.55. The molecule has 0 saturated carbocycles. The van der Waals surface area contributed by atoms with Gasteiger partial charge in [0, 0.05) is 11.5 Å². The normalized spacial score (nSPS) is 11.1. The number of nitrogens with one attached hydrogen (secondary N) is 1. The van der Waals surface area contributed by atoms with Gasteiger partial charge in [-0.3, -0.25) is 4.79 Å². The Morgan fingerprint density at radius 1 is 0.967 bits per heavy atom. The van der Waals surface area contributed by atoms with E-state index in [2.05, 4.69) is 22.5 Å². The molecule has 0 atom stereocenters. The van der Waals surface area contributed by atoms with E-state index in [1.54, 1.807) is 13.0 Å². The zero-order chi connectivity index (χ0) is 21.6. The Kier molecular flexibility index (Phi) is 4.81. The van der Waals surface area contributed by atoms with Crippen LogP contribution in [0.2, 0.25) is 0 Å². The molecule has 4 rings (SSSR count). The Bertz CT molecular complexity index is 1310. The van der Waals surface area contributed by atoms with Crippen LogP contribution in [-0.2, 0) is 0 Å². The van der Waals surface area contributed by atoms with Crippen molar-refractivity contribution in [1.82, 2.24) is 14.8 Å². The molecule has 0 fully saturated rings. The third-order valence-corrected chi connectivity index (χ3v) is 4.90. The summed E-state index contributed by atoms with van der Waals surface area (Å²) < 4.78 is 29.0. The summed E-state index contributed by atoms with van der Waals surface area (Å²) in [7, 11) is 0. The molecular weight excluding hydrogens is 386 g/mol. The second-order valence-electron chi connectivity index (χ2n) is 7.44. The molecule has 2 aromatic carbocycles. The fraction of sp³-hybridized carbons (Fsp3) is 0.174. The average molecular weight is 406 g/mol. The Balaban J connectivity index is 1.79. The zero-order valence-electron chi connectivity index (χ0n) is 17.0. The molecule has 0 aliphatic heterocycles. The van der Waals surface area contributed by atoms with Crippen LogP contribution in [0.3, 0.4) is 0 Å². The first-order valence-corrected chi connectivity index (χ1v) is 9.45. The number of aromatic nitrogens is 3. The summed E-state index contributed by atoms with van der Waals surface area (Å²) in [5.41, 5.74) is 4.31. The van der Waals surface area contributed by atoms with Gasteiger partial charge in [-0.05, 0) is 69.2 Å². The molecule has 1 amide bonds. The molecule has 0 spiro atoms. The maximum absolute atomic E-state index is 14.0. The van der Waals surface area contributed by atoms with Gasteiger partial charge < -0.3 is 5.32 Å². The largest absolute Gasteiger partial charge is 0.306 e. The highest BCUT2D eigenvalue weighted by Crippen LogP contribution is 2.26. The van der Waals surface area contributed by atoms with Crippen LogP contribution in [0.5, 0.6) is 0 Å². The third-order valence-electron chi connectivity index (χ3n) is 4.90. The van der Waals surface area contributed by atoms with Crippen molar-refractivity contribution in [3.8, 4) is 5.82 Å². The van der Waals surface area contributed by atoms with Crippen molar-refractivity contribution in [2.75, 3.05) is 5.32 Å². The third kappa shape index (κ3) is 3.54. The lowest BCUT2D eigenvalue weighted by Crippen LogP contribution is -2.17. The van der Waals surface area contributed by atoms with E-state index in [-0.39, 0.29) is 5.56 Å². The molecule has 0 unspecified atom stereocenters. The standard InChI is InChI=1S/C23H20F2N4O/c1-12-7-14(3)22-17(8-12)13(2)9-20(26-22)29-21(10-15(4)28-29)27-23(30)18-11-16(24)5-6-19(18)25/h5-11H,1-4H3,(H,27,30). The molecule has 7 heteroatoms. The summed E-state index contributed by atoms with van der Waals surface area (Å²) in [5, 5.41) is 8.10. The maximum Gasteiger partial charge on any atom is 0.259 e. The number of hydrogen-bond donors (Lipinski definition) is 1. The SMILES string of the molecule is Cc1cc(C)c2nc(-n3nc(C)cc3NC(=O)c3cc(F)ccc3F)cc(C)c2c1. The van der Waals surface area contributed by atoms with E-state index in [1.165, 1.54) is 4.68 Å². The first kappa shape index (κ1) is 19.7. The monoisotopic (exact) mass is 406 g/mol. The van der Waals surface area contributed by atoms with Crippen molar-refractivity contribution in [2.45, 2.75) is 27.7 Å². The first-order valence-electron chi connectivity index (χ1n) is 9.45. The molecule has 5 nitrogen and oxygen atoms in total. The summed E-state index contributed by atoms with van der Waals surface area (Å²) in [6.07, 6.45) is 0. The smallest absolute Gasteiger partial charge is 0.259 e. The number of nitrogens with zero attached hydrogens (tertiary/aromatic N) is 3. The van der Waals surface area contributed by atoms with E-state index in [0.29, 0.717) is 17.3 Å². The summed E-state index contributed by atoms with van der Waals surface area (Å²) >= 11 is 0. The molecular formula is C23H20F2N4O. The number of carbonyl (C=O) groups is 1. The van der Waals surface area contributed by atoms with Gasteiger partial charge in [0.25, 0.3) is 5.91 Å². The molecule has 2 heterocycles. The quantitative estimate of drug-likeness (QED) is 0.510. The van der Waals surface area contributed by atoms with E-state index >= 15 is 0 Å². The van der Waals surface area contributed by atoms with Crippen molar-refractivity contribution in [3.63, 3.8) is 0 Å². The van der Waals surface area contributed by atoms with Gasteiger partial charge in [-0.2, -0.15) is 9.78 Å². The number of amides is 1. The van der Waals surface area contributed by atoms with Crippen molar-refractivity contribution >= 4 is 22.6 Å². The minimum atomic E-state index is -0.803. The lowest BCUT2D eigenvalue weighted by atomic mass is 10.0. The van der Waals surface area contributed by atoms with Crippen LogP contribution in [0.4, 0.5) is 14.6 Å². The Morgan fingerprint density at radius 3 is 2.50 bits per heavy atom. The van der Waals surface area contributed by atoms with Crippen LogP contribution < -0.4 is 5.32 Å². The average Bonchev–Trinajstić information content (AvgIpc) is 3.04. The molecule has 30 heavy (non-hydrogen) atoms. The number of carbonyl (C=O) groups excluding carboxylic acids is 1. The number of fused-ring (bicyclic) bond motifs is 1. The highest BCUT2D eigenvalue weighted by Gasteiger charge is 2.18. The minimum absolute atomic E-state index is 0.317. The van der Waals surface area contributed by atoms with Crippen LogP contribution in [0.15, 0.2) is 42.5 Å².